The molecule has 2 heterocycles. The number of aromatic nitrogens is 2. The Morgan fingerprint density at radius 3 is 2.20 bits per heavy atom. The molecule has 2 saturated carbocycles. The number of nitrogens with one attached hydrogen (secondary N) is 2. The van der Waals surface area contributed by atoms with Gasteiger partial charge in [0.2, 0.25) is 11.8 Å². The minimum Gasteiger partial charge on any atom is -0.464 e. The zero-order chi connectivity index (χ0) is 29.3. The minimum absolute atomic E-state index is 0.0875. The van der Waals surface area contributed by atoms with Crippen LogP contribution in [0.2, 0.25) is 0 Å². The summed E-state index contributed by atoms with van der Waals surface area (Å²) in [6.45, 7) is 9.58. The van der Waals surface area contributed by atoms with Crippen molar-refractivity contribution >= 4 is 23.7 Å². The summed E-state index contributed by atoms with van der Waals surface area (Å²) in [4.78, 5) is 61.3. The van der Waals surface area contributed by atoms with Gasteiger partial charge in [-0.05, 0) is 43.9 Å². The van der Waals surface area contributed by atoms with Gasteiger partial charge in [-0.15, -0.1) is 0 Å². The molecule has 40 heavy (non-hydrogen) atoms. The van der Waals surface area contributed by atoms with Gasteiger partial charge in [0.05, 0.1) is 12.8 Å². The second-order valence-corrected chi connectivity index (χ2v) is 12.3. The molecule has 10 nitrogen and oxygen atoms in total. The Morgan fingerprint density at radius 1 is 1.00 bits per heavy atom. The summed E-state index contributed by atoms with van der Waals surface area (Å²) in [6, 6.07) is -2.42. The summed E-state index contributed by atoms with van der Waals surface area (Å²) in [6.07, 6.45) is 16.0. The van der Waals surface area contributed by atoms with Gasteiger partial charge in [-0.25, -0.2) is 9.78 Å². The zero-order valence-corrected chi connectivity index (χ0v) is 24.8. The number of ether oxygens (including phenoxy) is 1. The maximum atomic E-state index is 13.7. The second-order valence-electron chi connectivity index (χ2n) is 12.3. The maximum absolute atomic E-state index is 13.7. The van der Waals surface area contributed by atoms with E-state index in [4.69, 9.17) is 4.74 Å². The highest BCUT2D eigenvalue weighted by Gasteiger charge is 2.52. The lowest BCUT2D eigenvalue weighted by atomic mass is 9.85. The van der Waals surface area contributed by atoms with Gasteiger partial charge in [-0.2, -0.15) is 0 Å². The lowest BCUT2D eigenvalue weighted by Crippen LogP contribution is -2.59. The van der Waals surface area contributed by atoms with E-state index in [9.17, 15) is 19.2 Å². The van der Waals surface area contributed by atoms with Crippen LogP contribution in [0.25, 0.3) is 0 Å². The Bertz CT molecular complexity index is 996. The van der Waals surface area contributed by atoms with Crippen LogP contribution in [-0.4, -0.2) is 69.8 Å². The number of hydrogen-bond donors (Lipinski definition) is 2. The molecule has 2 N–H and O–H groups in total. The van der Waals surface area contributed by atoms with Gasteiger partial charge in [0.1, 0.15) is 23.8 Å². The third-order valence-electron chi connectivity index (χ3n) is 8.14. The number of fused-ring (bicyclic) bond motifs is 1. The molecule has 10 heteroatoms. The van der Waals surface area contributed by atoms with E-state index in [0.717, 1.165) is 19.3 Å². The zero-order valence-electron chi connectivity index (χ0n) is 24.8. The number of rotatable bonds is 7. The first-order valence-electron chi connectivity index (χ1n) is 14.9. The molecule has 3 amide bonds. The van der Waals surface area contributed by atoms with E-state index in [1.165, 1.54) is 64.0 Å². The van der Waals surface area contributed by atoms with Crippen LogP contribution in [0.15, 0.2) is 18.6 Å². The number of carbonyl (C=O) groups excluding carboxylic acids is 4. The van der Waals surface area contributed by atoms with Crippen LogP contribution >= 0.6 is 0 Å². The van der Waals surface area contributed by atoms with E-state index in [2.05, 4.69) is 20.6 Å². The first-order chi connectivity index (χ1) is 19.0. The highest BCUT2D eigenvalue weighted by Crippen LogP contribution is 2.43. The summed E-state index contributed by atoms with van der Waals surface area (Å²) in [7, 11) is 0. The molecule has 0 bridgehead atoms. The Labute approximate surface area is 238 Å². The van der Waals surface area contributed by atoms with Gasteiger partial charge < -0.3 is 20.3 Å². The fourth-order valence-electron chi connectivity index (χ4n) is 5.96. The standard InChI is InChI=1S/C24H35N5O5.C6H12/c1-6-34-23(33)18-16-9-7-8-15(16)13-29(18)22(32)19(24(3,4)5)28-20(30)14(2)27-21(31)17-12-25-10-11-26-17;1-2-4-6-5-3-1/h10-12,14-16,18-19H,6-9,13H2,1-5H3,(H,27,31)(H,28,30);1-6H2/t14-,15-,16-,18?,19?;/m0./s1. The summed E-state index contributed by atoms with van der Waals surface area (Å²) in [5.74, 6) is -1.37. The number of esters is 1. The highest BCUT2D eigenvalue weighted by atomic mass is 16.5. The van der Waals surface area contributed by atoms with Crippen molar-refractivity contribution in [3.8, 4) is 0 Å². The molecule has 3 aliphatic rings. The van der Waals surface area contributed by atoms with E-state index < -0.39 is 35.4 Å². The van der Waals surface area contributed by atoms with Crippen molar-refractivity contribution in [1.29, 1.82) is 0 Å². The van der Waals surface area contributed by atoms with E-state index in [0.29, 0.717) is 6.54 Å². The SMILES string of the molecule is C1CCCCC1.CCOC(=O)C1[C@H]2CCC[C@H]2CN1C(=O)C(NC(=O)[C@H](C)NC(=O)c1cnccn1)C(C)(C)C. The largest absolute Gasteiger partial charge is 0.464 e. The average molecular weight is 558 g/mol. The van der Waals surface area contributed by atoms with Gasteiger partial charge in [0.25, 0.3) is 5.91 Å². The molecule has 1 aromatic rings. The Hall–Kier alpha value is -3.04. The van der Waals surface area contributed by atoms with Crippen molar-refractivity contribution in [1.82, 2.24) is 25.5 Å². The van der Waals surface area contributed by atoms with Crippen molar-refractivity contribution in [2.75, 3.05) is 13.2 Å². The molecule has 0 radical (unpaired) electrons. The normalized spacial score (nSPS) is 23.6. The number of hydrogen-bond acceptors (Lipinski definition) is 7. The highest BCUT2D eigenvalue weighted by molar-refractivity contribution is 5.97. The lowest BCUT2D eigenvalue weighted by Gasteiger charge is -2.36. The summed E-state index contributed by atoms with van der Waals surface area (Å²) in [5.41, 5.74) is -0.537. The van der Waals surface area contributed by atoms with E-state index in [1.807, 2.05) is 20.8 Å². The topological polar surface area (TPSA) is 131 Å². The van der Waals surface area contributed by atoms with E-state index in [1.54, 1.807) is 11.8 Å². The van der Waals surface area contributed by atoms with Gasteiger partial charge in [0.15, 0.2) is 0 Å². The van der Waals surface area contributed by atoms with Gasteiger partial charge in [0, 0.05) is 18.9 Å². The lowest BCUT2D eigenvalue weighted by molar-refractivity contribution is -0.156. The molecule has 2 aliphatic carbocycles. The van der Waals surface area contributed by atoms with E-state index in [-0.39, 0.29) is 36.0 Å². The monoisotopic (exact) mass is 557 g/mol. The van der Waals surface area contributed by atoms with Crippen LogP contribution in [-0.2, 0) is 19.1 Å². The first kappa shape index (κ1) is 31.5. The van der Waals surface area contributed by atoms with Crippen molar-refractivity contribution in [2.45, 2.75) is 111 Å². The maximum Gasteiger partial charge on any atom is 0.329 e. The van der Waals surface area contributed by atoms with Crippen LogP contribution in [0, 0.1) is 17.3 Å². The smallest absolute Gasteiger partial charge is 0.329 e. The molecule has 5 atom stereocenters. The van der Waals surface area contributed by atoms with Gasteiger partial charge in [-0.3, -0.25) is 19.4 Å². The van der Waals surface area contributed by atoms with Crippen LogP contribution in [0.1, 0.15) is 103 Å². The van der Waals surface area contributed by atoms with Crippen LogP contribution in [0.5, 0.6) is 0 Å². The summed E-state index contributed by atoms with van der Waals surface area (Å²) >= 11 is 0. The molecule has 1 aromatic heterocycles. The molecule has 2 unspecified atom stereocenters. The van der Waals surface area contributed by atoms with Crippen molar-refractivity contribution in [2.24, 2.45) is 17.3 Å². The Balaban J connectivity index is 0.000000649. The number of nitrogens with zero attached hydrogens (tertiary/aromatic N) is 3. The minimum atomic E-state index is -0.911. The summed E-state index contributed by atoms with van der Waals surface area (Å²) in [5, 5.41) is 5.40. The molecule has 1 aliphatic heterocycles. The van der Waals surface area contributed by atoms with Crippen LogP contribution < -0.4 is 10.6 Å². The average Bonchev–Trinajstić information content (AvgIpc) is 3.54. The molecular formula is C30H47N5O5. The molecule has 222 valence electrons. The van der Waals surface area contributed by atoms with E-state index >= 15 is 0 Å². The van der Waals surface area contributed by atoms with Crippen molar-refractivity contribution < 1.29 is 23.9 Å². The fraction of sp³-hybridized carbons (Fsp3) is 0.733. The predicted molar refractivity (Wildman–Crippen MR) is 151 cm³/mol. The number of likely N-dealkylation sites (tertiary alicyclic amines) is 1. The first-order valence-corrected chi connectivity index (χ1v) is 14.9. The Morgan fingerprint density at radius 2 is 1.65 bits per heavy atom. The molecule has 4 rings (SSSR count). The molecule has 1 saturated heterocycles. The number of carbonyl (C=O) groups is 4. The molecule has 3 fully saturated rings. The third-order valence-corrected chi connectivity index (χ3v) is 8.14. The van der Waals surface area contributed by atoms with Crippen LogP contribution in [0.3, 0.4) is 0 Å². The number of amides is 3. The quantitative estimate of drug-likeness (QED) is 0.489. The Kier molecular flexibility index (Phi) is 11.5. The fourth-order valence-corrected chi connectivity index (χ4v) is 5.96. The van der Waals surface area contributed by atoms with Crippen molar-refractivity contribution in [3.63, 3.8) is 0 Å². The van der Waals surface area contributed by atoms with Gasteiger partial charge in [-0.1, -0.05) is 65.7 Å². The molecule has 0 aromatic carbocycles. The predicted octanol–water partition coefficient (Wildman–Crippen LogP) is 3.66. The molecule has 0 spiro atoms. The van der Waals surface area contributed by atoms with Gasteiger partial charge >= 0.3 is 5.97 Å². The molecular weight excluding hydrogens is 510 g/mol. The second kappa shape index (κ2) is 14.6. The van der Waals surface area contributed by atoms with Crippen LogP contribution in [0.4, 0.5) is 0 Å². The third kappa shape index (κ3) is 8.24. The summed E-state index contributed by atoms with van der Waals surface area (Å²) < 4.78 is 5.31. The van der Waals surface area contributed by atoms with Crippen molar-refractivity contribution in [3.05, 3.63) is 24.3 Å².